The van der Waals surface area contributed by atoms with Crippen LogP contribution >= 0.6 is 0 Å². The molecular weight excluding hydrogens is 369 g/mol. The lowest BCUT2D eigenvalue weighted by Gasteiger charge is -2.30. The molecule has 0 unspecified atom stereocenters. The highest BCUT2D eigenvalue weighted by Crippen LogP contribution is 2.41. The molecule has 1 aliphatic heterocycles. The van der Waals surface area contributed by atoms with E-state index < -0.39 is 0 Å². The molecule has 1 atom stereocenters. The van der Waals surface area contributed by atoms with Crippen molar-refractivity contribution in [1.82, 2.24) is 15.2 Å². The van der Waals surface area contributed by atoms with Gasteiger partial charge in [-0.25, -0.2) is 4.39 Å². The lowest BCUT2D eigenvalue weighted by Crippen LogP contribution is -2.42. The summed E-state index contributed by atoms with van der Waals surface area (Å²) in [5, 5.41) is 3.07. The van der Waals surface area contributed by atoms with E-state index in [1.165, 1.54) is 6.07 Å². The number of amides is 2. The topological polar surface area (TPSA) is 62.3 Å². The first kappa shape index (κ1) is 19.6. The third-order valence-electron chi connectivity index (χ3n) is 6.26. The smallest absolute Gasteiger partial charge is 0.225 e. The normalized spacial score (nSPS) is 20.8. The van der Waals surface area contributed by atoms with Crippen LogP contribution in [0.15, 0.2) is 48.7 Å². The van der Waals surface area contributed by atoms with Crippen molar-refractivity contribution >= 4 is 11.8 Å². The molecule has 6 heteroatoms. The Morgan fingerprint density at radius 2 is 2.03 bits per heavy atom. The van der Waals surface area contributed by atoms with Crippen LogP contribution in [0.25, 0.3) is 0 Å². The molecule has 1 aliphatic carbocycles. The van der Waals surface area contributed by atoms with Crippen molar-refractivity contribution in [3.8, 4) is 0 Å². The third kappa shape index (κ3) is 4.31. The molecule has 2 aromatic rings. The van der Waals surface area contributed by atoms with Gasteiger partial charge in [-0.2, -0.15) is 0 Å². The van der Waals surface area contributed by atoms with Gasteiger partial charge < -0.3 is 10.2 Å². The Morgan fingerprint density at radius 1 is 1.21 bits per heavy atom. The molecule has 2 fully saturated rings. The van der Waals surface area contributed by atoms with E-state index in [4.69, 9.17) is 0 Å². The fourth-order valence-electron chi connectivity index (χ4n) is 4.63. The van der Waals surface area contributed by atoms with Gasteiger partial charge >= 0.3 is 0 Å². The molecule has 0 spiro atoms. The molecule has 1 aromatic carbocycles. The van der Waals surface area contributed by atoms with Gasteiger partial charge in [0.1, 0.15) is 5.82 Å². The third-order valence-corrected chi connectivity index (χ3v) is 6.26. The second-order valence-electron chi connectivity index (χ2n) is 8.21. The van der Waals surface area contributed by atoms with Gasteiger partial charge in [0, 0.05) is 31.1 Å². The summed E-state index contributed by atoms with van der Waals surface area (Å²) in [6.07, 6.45) is 5.95. The summed E-state index contributed by atoms with van der Waals surface area (Å²) in [6, 6.07) is 12.3. The van der Waals surface area contributed by atoms with Crippen molar-refractivity contribution < 1.29 is 14.0 Å². The zero-order valence-corrected chi connectivity index (χ0v) is 16.4. The molecular formula is C23H26FN3O2. The molecule has 1 aromatic heterocycles. The summed E-state index contributed by atoms with van der Waals surface area (Å²) >= 11 is 0. The van der Waals surface area contributed by atoms with Crippen LogP contribution in [0.4, 0.5) is 4.39 Å². The lowest BCUT2D eigenvalue weighted by atomic mass is 9.78. The summed E-state index contributed by atoms with van der Waals surface area (Å²) in [7, 11) is 0. The standard InChI is InChI=1S/C23H26FN3O2/c24-19-7-5-6-18(13-19)23(9-2-3-10-23)16-26-22(29)17-12-21(28)27(14-17)15-20-8-1-4-11-25-20/h1,4-8,11,13,17H,2-3,9-10,12,14-16H2,(H,26,29)/t17-/m1/s1. The van der Waals surface area contributed by atoms with E-state index >= 15 is 0 Å². The Labute approximate surface area is 170 Å². The first-order valence-electron chi connectivity index (χ1n) is 10.3. The van der Waals surface area contributed by atoms with Crippen LogP contribution in [-0.4, -0.2) is 34.8 Å². The van der Waals surface area contributed by atoms with Crippen molar-refractivity contribution in [3.05, 3.63) is 65.7 Å². The number of nitrogens with zero attached hydrogens (tertiary/aromatic N) is 2. The van der Waals surface area contributed by atoms with Crippen molar-refractivity contribution in [2.45, 2.75) is 44.1 Å². The summed E-state index contributed by atoms with van der Waals surface area (Å²) in [4.78, 5) is 31.1. The molecule has 0 radical (unpaired) electrons. The number of benzene rings is 1. The molecule has 152 valence electrons. The minimum Gasteiger partial charge on any atom is -0.355 e. The SMILES string of the molecule is O=C(NCC1(c2cccc(F)c2)CCCC1)[C@@H]1CC(=O)N(Cc2ccccn2)C1. The lowest BCUT2D eigenvalue weighted by molar-refractivity contribution is -0.129. The Hall–Kier alpha value is -2.76. The number of pyridine rings is 1. The molecule has 29 heavy (non-hydrogen) atoms. The first-order valence-corrected chi connectivity index (χ1v) is 10.3. The van der Waals surface area contributed by atoms with Crippen molar-refractivity contribution in [2.24, 2.45) is 5.92 Å². The molecule has 1 saturated heterocycles. The van der Waals surface area contributed by atoms with Crippen LogP contribution < -0.4 is 5.32 Å². The van der Waals surface area contributed by atoms with Crippen molar-refractivity contribution in [2.75, 3.05) is 13.1 Å². The van der Waals surface area contributed by atoms with Crippen LogP contribution in [0, 0.1) is 11.7 Å². The number of rotatable bonds is 6. The Kier molecular flexibility index (Phi) is 5.60. The number of carbonyl (C=O) groups is 2. The van der Waals surface area contributed by atoms with Gasteiger partial charge in [0.25, 0.3) is 0 Å². The predicted molar refractivity (Wildman–Crippen MR) is 107 cm³/mol. The maximum absolute atomic E-state index is 13.8. The van der Waals surface area contributed by atoms with Gasteiger partial charge in [-0.05, 0) is 42.7 Å². The quantitative estimate of drug-likeness (QED) is 0.817. The highest BCUT2D eigenvalue weighted by molar-refractivity contribution is 5.89. The molecule has 5 nitrogen and oxygen atoms in total. The minimum absolute atomic E-state index is 0.0171. The van der Waals surface area contributed by atoms with Crippen molar-refractivity contribution in [1.29, 1.82) is 0 Å². The van der Waals surface area contributed by atoms with E-state index in [-0.39, 0.29) is 35.4 Å². The van der Waals surface area contributed by atoms with E-state index in [9.17, 15) is 14.0 Å². The number of likely N-dealkylation sites (tertiary alicyclic amines) is 1. The van der Waals surface area contributed by atoms with E-state index in [1.54, 1.807) is 23.2 Å². The molecule has 4 rings (SSSR count). The predicted octanol–water partition coefficient (Wildman–Crippen LogP) is 3.20. The number of carbonyl (C=O) groups excluding carboxylic acids is 2. The fourth-order valence-corrected chi connectivity index (χ4v) is 4.63. The van der Waals surface area contributed by atoms with Crippen LogP contribution in [0.1, 0.15) is 43.4 Å². The van der Waals surface area contributed by atoms with Crippen LogP contribution in [-0.2, 0) is 21.5 Å². The maximum Gasteiger partial charge on any atom is 0.225 e. The van der Waals surface area contributed by atoms with Gasteiger partial charge in [0.15, 0.2) is 0 Å². The summed E-state index contributed by atoms with van der Waals surface area (Å²) in [6.45, 7) is 1.32. The maximum atomic E-state index is 13.8. The first-order chi connectivity index (χ1) is 14.1. The second-order valence-corrected chi connectivity index (χ2v) is 8.21. The van der Waals surface area contributed by atoms with Gasteiger partial charge in [-0.1, -0.05) is 31.0 Å². The highest BCUT2D eigenvalue weighted by Gasteiger charge is 2.39. The Morgan fingerprint density at radius 3 is 2.76 bits per heavy atom. The molecule has 1 N–H and O–H groups in total. The van der Waals surface area contributed by atoms with Crippen LogP contribution in [0.3, 0.4) is 0 Å². The van der Waals surface area contributed by atoms with Gasteiger partial charge in [0.05, 0.1) is 18.2 Å². The zero-order valence-electron chi connectivity index (χ0n) is 16.4. The largest absolute Gasteiger partial charge is 0.355 e. The molecule has 2 aliphatic rings. The van der Waals surface area contributed by atoms with Crippen molar-refractivity contribution in [3.63, 3.8) is 0 Å². The average Bonchev–Trinajstić information content (AvgIpc) is 3.35. The number of hydrogen-bond acceptors (Lipinski definition) is 3. The fraction of sp³-hybridized carbons (Fsp3) is 0.435. The summed E-state index contributed by atoms with van der Waals surface area (Å²) in [5.74, 6) is -0.704. The monoisotopic (exact) mass is 395 g/mol. The number of halogens is 1. The van der Waals surface area contributed by atoms with E-state index in [0.717, 1.165) is 36.9 Å². The molecule has 2 amide bonds. The Bertz CT molecular complexity index is 881. The number of hydrogen-bond donors (Lipinski definition) is 1. The zero-order chi connectivity index (χ0) is 20.3. The van der Waals surface area contributed by atoms with Gasteiger partial charge in [-0.15, -0.1) is 0 Å². The molecule has 1 saturated carbocycles. The number of aromatic nitrogens is 1. The second kappa shape index (κ2) is 8.31. The number of nitrogens with one attached hydrogen (secondary N) is 1. The van der Waals surface area contributed by atoms with E-state index in [0.29, 0.717) is 19.6 Å². The van der Waals surface area contributed by atoms with E-state index in [2.05, 4.69) is 10.3 Å². The Balaban J connectivity index is 1.38. The molecule has 2 heterocycles. The summed E-state index contributed by atoms with van der Waals surface area (Å²) in [5.41, 5.74) is 1.56. The minimum atomic E-state index is -0.350. The summed E-state index contributed by atoms with van der Waals surface area (Å²) < 4.78 is 13.8. The molecule has 0 bridgehead atoms. The van der Waals surface area contributed by atoms with Crippen LogP contribution in [0.2, 0.25) is 0 Å². The highest BCUT2D eigenvalue weighted by atomic mass is 19.1. The van der Waals surface area contributed by atoms with Crippen LogP contribution in [0.5, 0.6) is 0 Å². The average molecular weight is 395 g/mol. The van der Waals surface area contributed by atoms with Gasteiger partial charge in [0.2, 0.25) is 11.8 Å². The van der Waals surface area contributed by atoms with Gasteiger partial charge in [-0.3, -0.25) is 14.6 Å². The van der Waals surface area contributed by atoms with E-state index in [1.807, 2.05) is 24.3 Å².